The second-order valence-electron chi connectivity index (χ2n) is 4.23. The second kappa shape index (κ2) is 3.77. The second-order valence-corrected chi connectivity index (χ2v) is 4.23. The summed E-state index contributed by atoms with van der Waals surface area (Å²) in [5.41, 5.74) is 4.21. The molecule has 1 unspecified atom stereocenters. The molecule has 1 aliphatic carbocycles. The third kappa shape index (κ3) is 2.15. The molecule has 0 saturated heterocycles. The van der Waals surface area contributed by atoms with Gasteiger partial charge in [-0.3, -0.25) is 0 Å². The molecule has 2 N–H and O–H groups in total. The first kappa shape index (κ1) is 10.9. The normalized spacial score (nSPS) is 18.9. The Balaban J connectivity index is 2.15. The van der Waals surface area contributed by atoms with Crippen LogP contribution in [0.5, 0.6) is 0 Å². The van der Waals surface area contributed by atoms with Crippen molar-refractivity contribution in [1.82, 2.24) is 0 Å². The molecule has 1 saturated carbocycles. The number of esters is 1. The van der Waals surface area contributed by atoms with Crippen molar-refractivity contribution >= 4 is 11.7 Å². The van der Waals surface area contributed by atoms with Gasteiger partial charge in [0.1, 0.15) is 6.10 Å². The number of nitrogen functional groups attached to an aromatic ring is 1. The van der Waals surface area contributed by atoms with Gasteiger partial charge in [0, 0.05) is 11.3 Å². The number of rotatable bonds is 3. The lowest BCUT2D eigenvalue weighted by molar-refractivity contribution is -0.158. The molecule has 0 amide bonds. The topological polar surface area (TPSA) is 52.3 Å². The average Bonchev–Trinajstić information content (AvgIpc) is 3.02. The van der Waals surface area contributed by atoms with E-state index in [9.17, 15) is 9.18 Å². The van der Waals surface area contributed by atoms with Gasteiger partial charge in [0.05, 0.1) is 0 Å². The number of anilines is 1. The molecular weight excluding hydrogens is 209 g/mol. The summed E-state index contributed by atoms with van der Waals surface area (Å²) < 4.78 is 19.2. The number of halogens is 1. The zero-order valence-electron chi connectivity index (χ0n) is 9.07. The predicted molar refractivity (Wildman–Crippen MR) is 58.4 cm³/mol. The Hall–Kier alpha value is -1.58. The molecule has 1 aliphatic rings. The van der Waals surface area contributed by atoms with Crippen LogP contribution < -0.4 is 5.73 Å². The van der Waals surface area contributed by atoms with Gasteiger partial charge < -0.3 is 10.5 Å². The van der Waals surface area contributed by atoms with Gasteiger partial charge in [0.2, 0.25) is 5.67 Å². The maximum atomic E-state index is 14.2. The largest absolute Gasteiger partial charge is 0.460 e. The Labute approximate surface area is 93.4 Å². The fourth-order valence-corrected chi connectivity index (χ4v) is 1.36. The van der Waals surface area contributed by atoms with Crippen molar-refractivity contribution in [1.29, 1.82) is 0 Å². The van der Waals surface area contributed by atoms with Crippen LogP contribution in [0.25, 0.3) is 0 Å². The van der Waals surface area contributed by atoms with E-state index in [0.717, 1.165) is 12.8 Å². The molecule has 3 nitrogen and oxygen atoms in total. The van der Waals surface area contributed by atoms with Gasteiger partial charge >= 0.3 is 5.97 Å². The van der Waals surface area contributed by atoms with Gasteiger partial charge in [-0.15, -0.1) is 0 Å². The minimum Gasteiger partial charge on any atom is -0.460 e. The summed E-state index contributed by atoms with van der Waals surface area (Å²) >= 11 is 0. The third-order valence-corrected chi connectivity index (χ3v) is 2.63. The van der Waals surface area contributed by atoms with Crippen LogP contribution in [0.3, 0.4) is 0 Å². The number of hydrogen-bond donors (Lipinski definition) is 1. The lowest BCUT2D eigenvalue weighted by atomic mass is 9.98. The van der Waals surface area contributed by atoms with Gasteiger partial charge in [-0.05, 0) is 31.9 Å². The minimum atomic E-state index is -2.10. The van der Waals surface area contributed by atoms with E-state index in [1.165, 1.54) is 19.1 Å². The summed E-state index contributed by atoms with van der Waals surface area (Å²) in [6, 6.07) is 6.14. The highest BCUT2D eigenvalue weighted by Gasteiger charge is 2.40. The van der Waals surface area contributed by atoms with E-state index >= 15 is 0 Å². The van der Waals surface area contributed by atoms with E-state index in [4.69, 9.17) is 10.5 Å². The standard InChI is InChI=1S/C12H14FNO2/c1-12(13,11(15)16-10-6-7-10)8-2-4-9(14)5-3-8/h2-5,10H,6-7,14H2,1H3. The molecule has 0 aliphatic heterocycles. The first-order chi connectivity index (χ1) is 7.50. The summed E-state index contributed by atoms with van der Waals surface area (Å²) in [4.78, 5) is 11.6. The van der Waals surface area contributed by atoms with E-state index in [1.54, 1.807) is 12.1 Å². The van der Waals surface area contributed by atoms with E-state index in [2.05, 4.69) is 0 Å². The van der Waals surface area contributed by atoms with Crippen molar-refractivity contribution in [3.05, 3.63) is 29.8 Å². The minimum absolute atomic E-state index is 0.0867. The molecule has 1 fully saturated rings. The highest BCUT2D eigenvalue weighted by atomic mass is 19.1. The third-order valence-electron chi connectivity index (χ3n) is 2.63. The summed E-state index contributed by atoms with van der Waals surface area (Å²) in [7, 11) is 0. The number of benzene rings is 1. The monoisotopic (exact) mass is 223 g/mol. The van der Waals surface area contributed by atoms with Crippen molar-refractivity contribution in [3.63, 3.8) is 0 Å². The van der Waals surface area contributed by atoms with Crippen LogP contribution in [0.2, 0.25) is 0 Å². The number of hydrogen-bond acceptors (Lipinski definition) is 3. The Morgan fingerprint density at radius 2 is 2.00 bits per heavy atom. The van der Waals surface area contributed by atoms with Gasteiger partial charge in [-0.25, -0.2) is 9.18 Å². The average molecular weight is 223 g/mol. The van der Waals surface area contributed by atoms with Gasteiger partial charge in [-0.1, -0.05) is 12.1 Å². The van der Waals surface area contributed by atoms with Gasteiger partial charge in [-0.2, -0.15) is 0 Å². The molecule has 2 rings (SSSR count). The molecule has 0 heterocycles. The molecule has 86 valence electrons. The highest BCUT2D eigenvalue weighted by molar-refractivity contribution is 5.81. The summed E-state index contributed by atoms with van der Waals surface area (Å²) in [5.74, 6) is -0.820. The zero-order chi connectivity index (χ0) is 11.8. The van der Waals surface area contributed by atoms with Crippen LogP contribution in [-0.2, 0) is 15.2 Å². The quantitative estimate of drug-likeness (QED) is 0.631. The summed E-state index contributed by atoms with van der Waals surface area (Å²) in [6.45, 7) is 1.21. The van der Waals surface area contributed by atoms with Crippen LogP contribution >= 0.6 is 0 Å². The lowest BCUT2D eigenvalue weighted by Gasteiger charge is -2.19. The van der Waals surface area contributed by atoms with E-state index < -0.39 is 11.6 Å². The van der Waals surface area contributed by atoms with Crippen molar-refractivity contribution in [2.75, 3.05) is 5.73 Å². The van der Waals surface area contributed by atoms with Crippen LogP contribution in [0.1, 0.15) is 25.3 Å². The van der Waals surface area contributed by atoms with E-state index in [-0.39, 0.29) is 11.7 Å². The molecule has 0 spiro atoms. The number of nitrogens with two attached hydrogens (primary N) is 1. The maximum Gasteiger partial charge on any atom is 0.348 e. The van der Waals surface area contributed by atoms with Crippen molar-refractivity contribution in [2.24, 2.45) is 0 Å². The Morgan fingerprint density at radius 1 is 1.44 bits per heavy atom. The first-order valence-corrected chi connectivity index (χ1v) is 5.26. The molecule has 1 aromatic carbocycles. The molecule has 0 bridgehead atoms. The summed E-state index contributed by atoms with van der Waals surface area (Å²) in [6.07, 6.45) is 1.59. The molecule has 1 aromatic rings. The Bertz CT molecular complexity index is 396. The molecule has 0 radical (unpaired) electrons. The first-order valence-electron chi connectivity index (χ1n) is 5.26. The smallest absolute Gasteiger partial charge is 0.348 e. The maximum absolute atomic E-state index is 14.2. The van der Waals surface area contributed by atoms with Gasteiger partial charge in [0.15, 0.2) is 0 Å². The molecular formula is C12H14FNO2. The number of alkyl halides is 1. The number of ether oxygens (including phenoxy) is 1. The number of carbonyl (C=O) groups excluding carboxylic acids is 1. The fourth-order valence-electron chi connectivity index (χ4n) is 1.36. The highest BCUT2D eigenvalue weighted by Crippen LogP contribution is 2.32. The van der Waals surface area contributed by atoms with Crippen molar-refractivity contribution in [2.45, 2.75) is 31.5 Å². The van der Waals surface area contributed by atoms with Gasteiger partial charge in [0.25, 0.3) is 0 Å². The van der Waals surface area contributed by atoms with E-state index in [1.807, 2.05) is 0 Å². The molecule has 16 heavy (non-hydrogen) atoms. The SMILES string of the molecule is CC(F)(C(=O)OC1CC1)c1ccc(N)cc1. The van der Waals surface area contributed by atoms with Crippen molar-refractivity contribution in [3.8, 4) is 0 Å². The predicted octanol–water partition coefficient (Wildman–Crippen LogP) is 2.16. The molecule has 4 heteroatoms. The molecule has 1 atom stereocenters. The van der Waals surface area contributed by atoms with Crippen LogP contribution in [0, 0.1) is 0 Å². The van der Waals surface area contributed by atoms with Crippen LogP contribution in [0.15, 0.2) is 24.3 Å². The van der Waals surface area contributed by atoms with Crippen LogP contribution in [0.4, 0.5) is 10.1 Å². The fraction of sp³-hybridized carbons (Fsp3) is 0.417. The zero-order valence-corrected chi connectivity index (χ0v) is 9.07. The molecule has 0 aromatic heterocycles. The lowest BCUT2D eigenvalue weighted by Crippen LogP contribution is -2.30. The van der Waals surface area contributed by atoms with Crippen LogP contribution in [-0.4, -0.2) is 12.1 Å². The Morgan fingerprint density at radius 3 is 2.50 bits per heavy atom. The Kier molecular flexibility index (Phi) is 2.58. The summed E-state index contributed by atoms with van der Waals surface area (Å²) in [5, 5.41) is 0. The van der Waals surface area contributed by atoms with E-state index in [0.29, 0.717) is 5.69 Å². The number of carbonyl (C=O) groups is 1. The van der Waals surface area contributed by atoms with Crippen molar-refractivity contribution < 1.29 is 13.9 Å².